The number of rotatable bonds is 3. The molecule has 0 radical (unpaired) electrons. The first-order chi connectivity index (χ1) is 7.52. The molecule has 4 nitrogen and oxygen atoms in total. The number of nitrogens with zero attached hydrogens (tertiary/aromatic N) is 1. The third-order valence-corrected chi connectivity index (χ3v) is 6.04. The number of aliphatic hydroxyl groups excluding tert-OH is 1. The third-order valence-electron chi connectivity index (χ3n) is 2.88. The Morgan fingerprint density at radius 1 is 1.69 bits per heavy atom. The molecule has 1 aliphatic heterocycles. The van der Waals surface area contributed by atoms with Crippen LogP contribution in [0.2, 0.25) is 0 Å². The Bertz CT molecular complexity index is 466. The predicted molar refractivity (Wildman–Crippen MR) is 63.6 cm³/mol. The van der Waals surface area contributed by atoms with E-state index in [1.54, 1.807) is 6.20 Å². The van der Waals surface area contributed by atoms with Crippen LogP contribution in [0, 0.1) is 0 Å². The van der Waals surface area contributed by atoms with Crippen molar-refractivity contribution in [2.75, 3.05) is 18.1 Å². The molecule has 90 valence electrons. The van der Waals surface area contributed by atoms with Crippen LogP contribution in [0.4, 0.5) is 0 Å². The number of hydrogen-bond donors (Lipinski definition) is 1. The van der Waals surface area contributed by atoms with Gasteiger partial charge in [0.2, 0.25) is 0 Å². The molecule has 1 aromatic rings. The quantitative estimate of drug-likeness (QED) is 0.886. The summed E-state index contributed by atoms with van der Waals surface area (Å²) >= 11 is 1.53. The van der Waals surface area contributed by atoms with Crippen molar-refractivity contribution in [1.82, 2.24) is 4.98 Å². The molecular formula is C10H15NO3S2. The van der Waals surface area contributed by atoms with Crippen molar-refractivity contribution in [2.45, 2.75) is 25.2 Å². The molecule has 0 aromatic carbocycles. The van der Waals surface area contributed by atoms with Gasteiger partial charge >= 0.3 is 0 Å². The summed E-state index contributed by atoms with van der Waals surface area (Å²) in [6.45, 7) is 2.04. The Kier molecular flexibility index (Phi) is 3.32. The zero-order chi connectivity index (χ0) is 11.8. The highest BCUT2D eigenvalue weighted by molar-refractivity contribution is 7.91. The van der Waals surface area contributed by atoms with Gasteiger partial charge in [-0.2, -0.15) is 0 Å². The lowest BCUT2D eigenvalue weighted by Crippen LogP contribution is -2.03. The molecule has 1 aromatic heterocycles. The van der Waals surface area contributed by atoms with Gasteiger partial charge in [-0.15, -0.1) is 11.3 Å². The normalized spacial score (nSPS) is 25.8. The van der Waals surface area contributed by atoms with Gasteiger partial charge in [0.05, 0.1) is 23.1 Å². The second kappa shape index (κ2) is 4.43. The number of sulfone groups is 1. The van der Waals surface area contributed by atoms with Crippen LogP contribution in [0.15, 0.2) is 6.20 Å². The second-order valence-corrected chi connectivity index (χ2v) is 7.61. The highest BCUT2D eigenvalue weighted by atomic mass is 32.2. The van der Waals surface area contributed by atoms with Gasteiger partial charge in [0, 0.05) is 22.9 Å². The summed E-state index contributed by atoms with van der Waals surface area (Å²) < 4.78 is 22.7. The van der Waals surface area contributed by atoms with Gasteiger partial charge in [-0.1, -0.05) is 6.92 Å². The molecule has 16 heavy (non-hydrogen) atoms. The maximum Gasteiger partial charge on any atom is 0.151 e. The fraction of sp³-hybridized carbons (Fsp3) is 0.700. The second-order valence-electron chi connectivity index (χ2n) is 4.28. The standard InChI is InChI=1S/C10H15NO3S2/c1-7(5-12)9-4-11-10(15-9)8-2-3-16(13,14)6-8/h4,7-8,12H,2-3,5-6H2,1H3. The van der Waals surface area contributed by atoms with E-state index in [0.717, 1.165) is 9.88 Å². The molecule has 2 heterocycles. The number of thiazole rings is 1. The number of aromatic nitrogens is 1. The van der Waals surface area contributed by atoms with Gasteiger partial charge in [0.25, 0.3) is 0 Å². The summed E-state index contributed by atoms with van der Waals surface area (Å²) in [5.41, 5.74) is 0. The van der Waals surface area contributed by atoms with E-state index in [2.05, 4.69) is 4.98 Å². The zero-order valence-corrected chi connectivity index (χ0v) is 10.7. The maximum absolute atomic E-state index is 11.3. The smallest absolute Gasteiger partial charge is 0.151 e. The Labute approximate surface area is 99.3 Å². The first-order valence-electron chi connectivity index (χ1n) is 5.29. The minimum atomic E-state index is -2.84. The summed E-state index contributed by atoms with van der Waals surface area (Å²) in [7, 11) is -2.84. The van der Waals surface area contributed by atoms with E-state index < -0.39 is 9.84 Å². The van der Waals surface area contributed by atoms with Gasteiger partial charge in [-0.25, -0.2) is 13.4 Å². The summed E-state index contributed by atoms with van der Waals surface area (Å²) in [6, 6.07) is 0. The summed E-state index contributed by atoms with van der Waals surface area (Å²) in [5, 5.41) is 9.93. The minimum absolute atomic E-state index is 0.0645. The lowest BCUT2D eigenvalue weighted by molar-refractivity contribution is 0.274. The van der Waals surface area contributed by atoms with Crippen LogP contribution in [0.25, 0.3) is 0 Å². The van der Waals surface area contributed by atoms with Gasteiger partial charge in [0.15, 0.2) is 9.84 Å². The fourth-order valence-corrected chi connectivity index (χ4v) is 4.75. The lowest BCUT2D eigenvalue weighted by atomic mass is 10.1. The molecule has 1 aliphatic rings. The Hall–Kier alpha value is -0.460. The van der Waals surface area contributed by atoms with Crippen molar-refractivity contribution in [2.24, 2.45) is 0 Å². The summed E-state index contributed by atoms with van der Waals surface area (Å²) in [4.78, 5) is 5.31. The van der Waals surface area contributed by atoms with Crippen molar-refractivity contribution in [1.29, 1.82) is 0 Å². The van der Waals surface area contributed by atoms with E-state index in [9.17, 15) is 8.42 Å². The maximum atomic E-state index is 11.3. The monoisotopic (exact) mass is 261 g/mol. The molecule has 0 bridgehead atoms. The summed E-state index contributed by atoms with van der Waals surface area (Å²) in [6.07, 6.45) is 2.44. The van der Waals surface area contributed by atoms with Crippen LogP contribution in [0.1, 0.15) is 35.1 Å². The predicted octanol–water partition coefficient (Wildman–Crippen LogP) is 1.14. The minimum Gasteiger partial charge on any atom is -0.396 e. The number of hydrogen-bond acceptors (Lipinski definition) is 5. The Morgan fingerprint density at radius 3 is 3.00 bits per heavy atom. The average Bonchev–Trinajstić information content (AvgIpc) is 2.83. The van der Waals surface area contributed by atoms with Crippen LogP contribution in [0.5, 0.6) is 0 Å². The van der Waals surface area contributed by atoms with E-state index in [-0.39, 0.29) is 29.9 Å². The Morgan fingerprint density at radius 2 is 2.44 bits per heavy atom. The van der Waals surface area contributed by atoms with Crippen molar-refractivity contribution in [3.63, 3.8) is 0 Å². The van der Waals surface area contributed by atoms with Gasteiger partial charge in [-0.3, -0.25) is 0 Å². The SMILES string of the molecule is CC(CO)c1cnc(C2CCS(=O)(=O)C2)s1. The van der Waals surface area contributed by atoms with Gasteiger partial charge < -0.3 is 5.11 Å². The molecule has 1 saturated heterocycles. The average molecular weight is 261 g/mol. The zero-order valence-electron chi connectivity index (χ0n) is 9.09. The highest BCUT2D eigenvalue weighted by Gasteiger charge is 2.31. The molecular weight excluding hydrogens is 246 g/mol. The van der Waals surface area contributed by atoms with Crippen LogP contribution in [-0.4, -0.2) is 36.6 Å². The first kappa shape index (κ1) is 12.0. The highest BCUT2D eigenvalue weighted by Crippen LogP contribution is 2.33. The van der Waals surface area contributed by atoms with Crippen molar-refractivity contribution in [3.8, 4) is 0 Å². The van der Waals surface area contributed by atoms with E-state index in [4.69, 9.17) is 5.11 Å². The molecule has 2 rings (SSSR count). The largest absolute Gasteiger partial charge is 0.396 e. The molecule has 0 aliphatic carbocycles. The molecule has 2 atom stereocenters. The van der Waals surface area contributed by atoms with Crippen LogP contribution < -0.4 is 0 Å². The lowest BCUT2D eigenvalue weighted by Gasteiger charge is -2.03. The third kappa shape index (κ3) is 2.44. The van der Waals surface area contributed by atoms with Crippen LogP contribution in [-0.2, 0) is 9.84 Å². The molecule has 0 spiro atoms. The molecule has 0 saturated carbocycles. The topological polar surface area (TPSA) is 67.3 Å². The molecule has 2 unspecified atom stereocenters. The first-order valence-corrected chi connectivity index (χ1v) is 7.92. The fourth-order valence-electron chi connectivity index (χ4n) is 1.80. The van der Waals surface area contributed by atoms with E-state index in [1.807, 2.05) is 6.92 Å². The molecule has 1 N–H and O–H groups in total. The summed E-state index contributed by atoms with van der Waals surface area (Å²) in [5.74, 6) is 0.661. The molecule has 0 amide bonds. The van der Waals surface area contributed by atoms with Crippen molar-refractivity contribution < 1.29 is 13.5 Å². The van der Waals surface area contributed by atoms with Crippen LogP contribution >= 0.6 is 11.3 Å². The van der Waals surface area contributed by atoms with E-state index >= 15 is 0 Å². The van der Waals surface area contributed by atoms with E-state index in [1.165, 1.54) is 11.3 Å². The van der Waals surface area contributed by atoms with Gasteiger partial charge in [0.1, 0.15) is 0 Å². The van der Waals surface area contributed by atoms with Crippen molar-refractivity contribution in [3.05, 3.63) is 16.1 Å². The molecule has 1 fully saturated rings. The van der Waals surface area contributed by atoms with Crippen LogP contribution in [0.3, 0.4) is 0 Å². The van der Waals surface area contributed by atoms with Gasteiger partial charge in [-0.05, 0) is 6.42 Å². The van der Waals surface area contributed by atoms with Crippen molar-refractivity contribution >= 4 is 21.2 Å². The number of aliphatic hydroxyl groups is 1. The molecule has 6 heteroatoms. The Balaban J connectivity index is 2.14. The van der Waals surface area contributed by atoms with E-state index in [0.29, 0.717) is 6.42 Å².